The molecule has 4 aromatic rings. The fourth-order valence-electron chi connectivity index (χ4n) is 3.42. The first-order chi connectivity index (χ1) is 15.4. The van der Waals surface area contributed by atoms with Crippen LogP contribution in [0.15, 0.2) is 78.5 Å². The van der Waals surface area contributed by atoms with Crippen LogP contribution in [-0.4, -0.2) is 10.5 Å². The van der Waals surface area contributed by atoms with Crippen LogP contribution in [0.5, 0.6) is 0 Å². The van der Waals surface area contributed by atoms with E-state index in [4.69, 9.17) is 34.8 Å². The summed E-state index contributed by atoms with van der Waals surface area (Å²) >= 11 is 18.3. The summed E-state index contributed by atoms with van der Waals surface area (Å²) in [5.41, 5.74) is 3.12. The van der Waals surface area contributed by atoms with Crippen molar-refractivity contribution in [3.8, 4) is 6.07 Å². The van der Waals surface area contributed by atoms with Crippen LogP contribution in [0.4, 0.5) is 5.69 Å². The fourth-order valence-corrected chi connectivity index (χ4v) is 4.08. The molecule has 4 rings (SSSR count). The Morgan fingerprint density at radius 1 is 1.00 bits per heavy atom. The molecule has 0 saturated heterocycles. The number of carbonyl (C=O) groups excluding carboxylic acids is 1. The highest BCUT2D eigenvalue weighted by molar-refractivity contribution is 6.35. The Hall–Kier alpha value is -3.23. The van der Waals surface area contributed by atoms with Gasteiger partial charge in [0.25, 0.3) is 5.91 Å². The Bertz CT molecular complexity index is 1400. The lowest BCUT2D eigenvalue weighted by atomic mass is 10.1. The number of halogens is 3. The van der Waals surface area contributed by atoms with Gasteiger partial charge >= 0.3 is 0 Å². The molecule has 0 saturated carbocycles. The van der Waals surface area contributed by atoms with Gasteiger partial charge in [-0.05, 0) is 48.0 Å². The third-order valence-electron chi connectivity index (χ3n) is 4.92. The maximum absolute atomic E-state index is 12.7. The summed E-state index contributed by atoms with van der Waals surface area (Å²) in [6, 6.07) is 21.9. The summed E-state index contributed by atoms with van der Waals surface area (Å²) in [4.78, 5) is 12.7. The number of nitriles is 1. The fraction of sp³-hybridized carbons (Fsp3) is 0.0400. The number of rotatable bonds is 5. The molecule has 0 spiro atoms. The molecule has 32 heavy (non-hydrogen) atoms. The van der Waals surface area contributed by atoms with E-state index in [0.717, 1.165) is 22.0 Å². The summed E-state index contributed by atoms with van der Waals surface area (Å²) in [6.45, 7) is 0.515. The topological polar surface area (TPSA) is 57.8 Å². The van der Waals surface area contributed by atoms with E-state index < -0.39 is 5.91 Å². The van der Waals surface area contributed by atoms with Crippen LogP contribution in [0.3, 0.4) is 0 Å². The van der Waals surface area contributed by atoms with Gasteiger partial charge in [0.15, 0.2) is 0 Å². The van der Waals surface area contributed by atoms with E-state index in [1.807, 2.05) is 47.2 Å². The molecule has 7 heteroatoms. The molecular weight excluding hydrogens is 465 g/mol. The highest BCUT2D eigenvalue weighted by Crippen LogP contribution is 2.27. The molecule has 0 unspecified atom stereocenters. The van der Waals surface area contributed by atoms with Crippen LogP contribution >= 0.6 is 34.8 Å². The second-order valence-corrected chi connectivity index (χ2v) is 8.38. The van der Waals surface area contributed by atoms with Gasteiger partial charge in [-0.25, -0.2) is 0 Å². The number of benzene rings is 3. The lowest BCUT2D eigenvalue weighted by molar-refractivity contribution is -0.112. The lowest BCUT2D eigenvalue weighted by Gasteiger charge is -2.08. The molecule has 0 bridgehead atoms. The molecule has 1 aromatic heterocycles. The van der Waals surface area contributed by atoms with Crippen LogP contribution in [-0.2, 0) is 11.3 Å². The van der Waals surface area contributed by atoms with E-state index in [0.29, 0.717) is 27.3 Å². The van der Waals surface area contributed by atoms with E-state index in [2.05, 4.69) is 5.32 Å². The van der Waals surface area contributed by atoms with Crippen molar-refractivity contribution < 1.29 is 4.79 Å². The summed E-state index contributed by atoms with van der Waals surface area (Å²) in [5.74, 6) is -0.507. The second kappa shape index (κ2) is 9.50. The molecule has 4 nitrogen and oxygen atoms in total. The zero-order valence-corrected chi connectivity index (χ0v) is 18.9. The Balaban J connectivity index is 1.69. The molecule has 0 aliphatic carbocycles. The van der Waals surface area contributed by atoms with Crippen LogP contribution in [0, 0.1) is 11.3 Å². The van der Waals surface area contributed by atoms with Crippen molar-refractivity contribution in [1.82, 2.24) is 4.57 Å². The molecular formula is C25H16Cl3N3O. The highest BCUT2D eigenvalue weighted by Gasteiger charge is 2.14. The van der Waals surface area contributed by atoms with Gasteiger partial charge < -0.3 is 9.88 Å². The minimum Gasteiger partial charge on any atom is -0.342 e. The van der Waals surface area contributed by atoms with Crippen molar-refractivity contribution in [3.05, 3.63) is 105 Å². The monoisotopic (exact) mass is 479 g/mol. The van der Waals surface area contributed by atoms with Gasteiger partial charge in [0.1, 0.15) is 11.6 Å². The molecule has 1 heterocycles. The Kier molecular flexibility index (Phi) is 6.53. The van der Waals surface area contributed by atoms with Crippen molar-refractivity contribution in [2.75, 3.05) is 5.32 Å². The number of aromatic nitrogens is 1. The van der Waals surface area contributed by atoms with Gasteiger partial charge in [-0.2, -0.15) is 5.26 Å². The molecule has 1 N–H and O–H groups in total. The average molecular weight is 481 g/mol. The van der Waals surface area contributed by atoms with Crippen molar-refractivity contribution in [2.24, 2.45) is 0 Å². The van der Waals surface area contributed by atoms with E-state index in [1.165, 1.54) is 0 Å². The second-order valence-electron chi connectivity index (χ2n) is 7.10. The summed E-state index contributed by atoms with van der Waals surface area (Å²) in [6.07, 6.45) is 3.49. The minimum atomic E-state index is -0.507. The number of para-hydroxylation sites is 1. The number of fused-ring (bicyclic) bond motifs is 1. The number of anilines is 1. The molecule has 3 aromatic carbocycles. The first kappa shape index (κ1) is 22.0. The third kappa shape index (κ3) is 4.81. The van der Waals surface area contributed by atoms with Crippen LogP contribution in [0.25, 0.3) is 17.0 Å². The normalized spacial score (nSPS) is 11.4. The zero-order chi connectivity index (χ0) is 22.7. The van der Waals surface area contributed by atoms with Crippen molar-refractivity contribution in [2.45, 2.75) is 6.54 Å². The zero-order valence-electron chi connectivity index (χ0n) is 16.6. The number of hydrogen-bond acceptors (Lipinski definition) is 2. The molecule has 1 amide bonds. The molecule has 0 radical (unpaired) electrons. The molecule has 0 atom stereocenters. The SMILES string of the molecule is N#C/C(=C\c1cn(Cc2ccc(Cl)cc2Cl)c2ccccc12)C(=O)Nc1cccc(Cl)c1. The Morgan fingerprint density at radius 3 is 2.53 bits per heavy atom. The van der Waals surface area contributed by atoms with Gasteiger partial charge in [0, 0.05) is 50.0 Å². The maximum Gasteiger partial charge on any atom is 0.266 e. The predicted molar refractivity (Wildman–Crippen MR) is 131 cm³/mol. The number of nitrogens with one attached hydrogen (secondary N) is 1. The van der Waals surface area contributed by atoms with Crippen molar-refractivity contribution in [1.29, 1.82) is 5.26 Å². The van der Waals surface area contributed by atoms with E-state index in [1.54, 1.807) is 42.5 Å². The number of carbonyl (C=O) groups is 1. The Morgan fingerprint density at radius 2 is 1.78 bits per heavy atom. The first-order valence-corrected chi connectivity index (χ1v) is 10.8. The molecule has 158 valence electrons. The molecule has 0 aliphatic rings. The summed E-state index contributed by atoms with van der Waals surface area (Å²) in [7, 11) is 0. The number of nitrogens with zero attached hydrogens (tertiary/aromatic N) is 2. The maximum atomic E-state index is 12.7. The van der Waals surface area contributed by atoms with Gasteiger partial charge in [-0.3, -0.25) is 4.79 Å². The van der Waals surface area contributed by atoms with Crippen LogP contribution < -0.4 is 5.32 Å². The number of hydrogen-bond donors (Lipinski definition) is 1. The smallest absolute Gasteiger partial charge is 0.266 e. The van der Waals surface area contributed by atoms with E-state index in [-0.39, 0.29) is 5.57 Å². The van der Waals surface area contributed by atoms with Crippen molar-refractivity contribution in [3.63, 3.8) is 0 Å². The largest absolute Gasteiger partial charge is 0.342 e. The summed E-state index contributed by atoms with van der Waals surface area (Å²) < 4.78 is 2.03. The Labute approximate surface area is 200 Å². The minimum absolute atomic E-state index is 0.0163. The number of amides is 1. The predicted octanol–water partition coefficient (Wildman–Crippen LogP) is 7.20. The first-order valence-electron chi connectivity index (χ1n) is 9.65. The van der Waals surface area contributed by atoms with Gasteiger partial charge in [0.2, 0.25) is 0 Å². The quantitative estimate of drug-likeness (QED) is 0.243. The van der Waals surface area contributed by atoms with E-state index in [9.17, 15) is 10.1 Å². The summed E-state index contributed by atoms with van der Waals surface area (Å²) in [5, 5.41) is 14.9. The van der Waals surface area contributed by atoms with Crippen molar-refractivity contribution >= 4 is 63.4 Å². The average Bonchev–Trinajstić information content (AvgIpc) is 3.11. The third-order valence-corrected chi connectivity index (χ3v) is 5.74. The highest BCUT2D eigenvalue weighted by atomic mass is 35.5. The van der Waals surface area contributed by atoms with Crippen LogP contribution in [0.1, 0.15) is 11.1 Å². The van der Waals surface area contributed by atoms with Gasteiger partial charge in [-0.15, -0.1) is 0 Å². The molecule has 0 fully saturated rings. The van der Waals surface area contributed by atoms with Gasteiger partial charge in [-0.1, -0.05) is 65.1 Å². The lowest BCUT2D eigenvalue weighted by Crippen LogP contribution is -2.13. The standard InChI is InChI=1S/C25H16Cl3N3O/c26-19-4-3-5-21(11-19)30-25(32)17(13-29)10-18-15-31(24-7-2-1-6-22(18)24)14-16-8-9-20(27)12-23(16)28/h1-12,15H,14H2,(H,30,32)/b17-10+. The van der Waals surface area contributed by atoms with E-state index >= 15 is 0 Å². The van der Waals surface area contributed by atoms with Gasteiger partial charge in [0.05, 0.1) is 0 Å². The molecule has 0 aliphatic heterocycles. The van der Waals surface area contributed by atoms with Crippen LogP contribution in [0.2, 0.25) is 15.1 Å².